The van der Waals surface area contributed by atoms with Gasteiger partial charge in [0.1, 0.15) is 5.69 Å². The lowest BCUT2D eigenvalue weighted by molar-refractivity contribution is 0.0594. The molecule has 0 saturated carbocycles. The summed E-state index contributed by atoms with van der Waals surface area (Å²) >= 11 is 5.74. The van der Waals surface area contributed by atoms with Crippen molar-refractivity contribution < 1.29 is 9.53 Å². The first kappa shape index (κ1) is 10.9. The number of hydrogen-bond donors (Lipinski definition) is 0. The lowest BCUT2D eigenvalue weighted by Crippen LogP contribution is -2.03. The van der Waals surface area contributed by atoms with E-state index in [1.165, 1.54) is 7.11 Å². The maximum absolute atomic E-state index is 11.3. The predicted octanol–water partition coefficient (Wildman–Crippen LogP) is 2.76. The van der Waals surface area contributed by atoms with E-state index in [9.17, 15) is 4.79 Å². The lowest BCUT2D eigenvalue weighted by Gasteiger charge is -2.02. The molecule has 0 saturated heterocycles. The molecule has 0 fully saturated rings. The fourth-order valence-corrected chi connectivity index (χ4v) is 1.66. The standard InChI is InChI=1S/C12H10ClNO2/c1-16-12(15)11-5-9-3-2-8(6-13)4-10(9)7-14-11/h2-5,7H,6H2,1H3. The fourth-order valence-electron chi connectivity index (χ4n) is 1.49. The second kappa shape index (κ2) is 4.49. The molecule has 0 radical (unpaired) electrons. The monoisotopic (exact) mass is 235 g/mol. The van der Waals surface area contributed by atoms with Crippen molar-refractivity contribution in [1.29, 1.82) is 0 Å². The zero-order valence-electron chi connectivity index (χ0n) is 8.74. The number of halogens is 1. The van der Waals surface area contributed by atoms with Crippen LogP contribution in [0.15, 0.2) is 30.5 Å². The zero-order chi connectivity index (χ0) is 11.5. The van der Waals surface area contributed by atoms with E-state index in [2.05, 4.69) is 9.72 Å². The predicted molar refractivity (Wildman–Crippen MR) is 62.6 cm³/mol. The number of hydrogen-bond acceptors (Lipinski definition) is 3. The molecule has 2 rings (SSSR count). The average Bonchev–Trinajstić information content (AvgIpc) is 2.36. The van der Waals surface area contributed by atoms with E-state index >= 15 is 0 Å². The van der Waals surface area contributed by atoms with E-state index in [-0.39, 0.29) is 0 Å². The van der Waals surface area contributed by atoms with Crippen LogP contribution in [0.1, 0.15) is 16.1 Å². The number of aromatic nitrogens is 1. The molecule has 3 nitrogen and oxygen atoms in total. The minimum absolute atomic E-state index is 0.314. The molecule has 1 heterocycles. The van der Waals surface area contributed by atoms with Crippen molar-refractivity contribution in [2.45, 2.75) is 5.88 Å². The number of carbonyl (C=O) groups excluding carboxylic acids is 1. The number of benzene rings is 1. The summed E-state index contributed by atoms with van der Waals surface area (Å²) in [7, 11) is 1.34. The summed E-state index contributed by atoms with van der Waals surface area (Å²) in [6.07, 6.45) is 1.65. The van der Waals surface area contributed by atoms with Crippen molar-refractivity contribution in [1.82, 2.24) is 4.98 Å². The summed E-state index contributed by atoms with van der Waals surface area (Å²) in [6.45, 7) is 0. The maximum atomic E-state index is 11.3. The van der Waals surface area contributed by atoms with E-state index in [0.29, 0.717) is 11.6 Å². The van der Waals surface area contributed by atoms with Crippen molar-refractivity contribution in [2.24, 2.45) is 0 Å². The van der Waals surface area contributed by atoms with Crippen LogP contribution in [0.25, 0.3) is 10.8 Å². The van der Waals surface area contributed by atoms with E-state index in [1.807, 2.05) is 18.2 Å². The number of fused-ring (bicyclic) bond motifs is 1. The molecule has 0 amide bonds. The SMILES string of the molecule is COC(=O)c1cc2ccc(CCl)cc2cn1. The average molecular weight is 236 g/mol. The Bertz CT molecular complexity index is 540. The third-order valence-corrected chi connectivity index (χ3v) is 2.64. The zero-order valence-corrected chi connectivity index (χ0v) is 9.49. The number of methoxy groups -OCH3 is 1. The highest BCUT2D eigenvalue weighted by Gasteiger charge is 2.07. The summed E-state index contributed by atoms with van der Waals surface area (Å²) in [4.78, 5) is 15.3. The van der Waals surface area contributed by atoms with E-state index in [4.69, 9.17) is 11.6 Å². The maximum Gasteiger partial charge on any atom is 0.356 e. The van der Waals surface area contributed by atoms with Gasteiger partial charge in [0.25, 0.3) is 0 Å². The molecule has 0 aliphatic heterocycles. The van der Waals surface area contributed by atoms with Gasteiger partial charge in [0, 0.05) is 17.5 Å². The van der Waals surface area contributed by atoms with Crippen LogP contribution in [0.2, 0.25) is 0 Å². The highest BCUT2D eigenvalue weighted by molar-refractivity contribution is 6.17. The number of pyridine rings is 1. The molecule has 16 heavy (non-hydrogen) atoms. The van der Waals surface area contributed by atoms with Crippen LogP contribution in [0.4, 0.5) is 0 Å². The topological polar surface area (TPSA) is 39.2 Å². The van der Waals surface area contributed by atoms with E-state index < -0.39 is 5.97 Å². The number of esters is 1. The molecule has 2 aromatic rings. The van der Waals surface area contributed by atoms with Gasteiger partial charge >= 0.3 is 5.97 Å². The number of alkyl halides is 1. The molecule has 0 bridgehead atoms. The van der Waals surface area contributed by atoms with Gasteiger partial charge in [-0.15, -0.1) is 11.6 Å². The minimum atomic E-state index is -0.427. The molecule has 4 heteroatoms. The number of carbonyl (C=O) groups is 1. The van der Waals surface area contributed by atoms with Crippen LogP contribution >= 0.6 is 11.6 Å². The van der Waals surface area contributed by atoms with Gasteiger partial charge in [-0.25, -0.2) is 9.78 Å². The first-order valence-electron chi connectivity index (χ1n) is 4.77. The van der Waals surface area contributed by atoms with Gasteiger partial charge in [-0.1, -0.05) is 12.1 Å². The van der Waals surface area contributed by atoms with Crippen LogP contribution < -0.4 is 0 Å². The Balaban J connectivity index is 2.51. The molecule has 0 atom stereocenters. The second-order valence-electron chi connectivity index (χ2n) is 3.38. The smallest absolute Gasteiger partial charge is 0.356 e. The number of ether oxygens (including phenoxy) is 1. The molecule has 0 N–H and O–H groups in total. The molecule has 1 aromatic heterocycles. The van der Waals surface area contributed by atoms with Crippen LogP contribution in [0.5, 0.6) is 0 Å². The molecule has 0 aliphatic carbocycles. The molecule has 1 aromatic carbocycles. The van der Waals surface area contributed by atoms with Gasteiger partial charge in [0.2, 0.25) is 0 Å². The summed E-state index contributed by atoms with van der Waals surface area (Å²) in [5.74, 6) is 0.0395. The molecule has 0 aliphatic rings. The van der Waals surface area contributed by atoms with Crippen molar-refractivity contribution in [3.8, 4) is 0 Å². The quantitative estimate of drug-likeness (QED) is 0.594. The second-order valence-corrected chi connectivity index (χ2v) is 3.64. The highest BCUT2D eigenvalue weighted by Crippen LogP contribution is 2.17. The van der Waals surface area contributed by atoms with Crippen LogP contribution in [0.3, 0.4) is 0 Å². The van der Waals surface area contributed by atoms with Gasteiger partial charge in [0.05, 0.1) is 7.11 Å². The minimum Gasteiger partial charge on any atom is -0.464 e. The largest absolute Gasteiger partial charge is 0.464 e. The number of nitrogens with zero attached hydrogens (tertiary/aromatic N) is 1. The third kappa shape index (κ3) is 1.99. The highest BCUT2D eigenvalue weighted by atomic mass is 35.5. The van der Waals surface area contributed by atoms with Gasteiger partial charge in [-0.2, -0.15) is 0 Å². The Morgan fingerprint density at radius 3 is 2.88 bits per heavy atom. The molecular formula is C12H10ClNO2. The van der Waals surface area contributed by atoms with Gasteiger partial charge < -0.3 is 4.74 Å². The first-order chi connectivity index (χ1) is 7.74. The molecule has 0 spiro atoms. The van der Waals surface area contributed by atoms with E-state index in [1.54, 1.807) is 12.3 Å². The fraction of sp³-hybridized carbons (Fsp3) is 0.167. The summed E-state index contributed by atoms with van der Waals surface area (Å²) in [5, 5.41) is 1.91. The summed E-state index contributed by atoms with van der Waals surface area (Å²) in [5.41, 5.74) is 1.34. The van der Waals surface area contributed by atoms with Crippen molar-refractivity contribution in [2.75, 3.05) is 7.11 Å². The van der Waals surface area contributed by atoms with Crippen LogP contribution in [-0.2, 0) is 10.6 Å². The van der Waals surface area contributed by atoms with Crippen molar-refractivity contribution >= 4 is 28.3 Å². The first-order valence-corrected chi connectivity index (χ1v) is 5.31. The number of rotatable bonds is 2. The van der Waals surface area contributed by atoms with Gasteiger partial charge in [0.15, 0.2) is 0 Å². The third-order valence-electron chi connectivity index (χ3n) is 2.33. The van der Waals surface area contributed by atoms with Gasteiger partial charge in [-0.05, 0) is 23.1 Å². The summed E-state index contributed by atoms with van der Waals surface area (Å²) in [6, 6.07) is 7.51. The lowest BCUT2D eigenvalue weighted by atomic mass is 10.1. The summed E-state index contributed by atoms with van der Waals surface area (Å²) < 4.78 is 4.61. The molecule has 82 valence electrons. The Morgan fingerprint density at radius 2 is 2.19 bits per heavy atom. The molecular weight excluding hydrogens is 226 g/mol. The van der Waals surface area contributed by atoms with Crippen LogP contribution in [0, 0.1) is 0 Å². The van der Waals surface area contributed by atoms with E-state index in [0.717, 1.165) is 16.3 Å². The Labute approximate surface area is 98.0 Å². The molecule has 0 unspecified atom stereocenters. The Morgan fingerprint density at radius 1 is 1.38 bits per heavy atom. The Hall–Kier alpha value is -1.61. The van der Waals surface area contributed by atoms with Gasteiger partial charge in [-0.3, -0.25) is 0 Å². The Kier molecular flexibility index (Phi) is 3.06. The van der Waals surface area contributed by atoms with Crippen LogP contribution in [-0.4, -0.2) is 18.1 Å². The van der Waals surface area contributed by atoms with Crippen molar-refractivity contribution in [3.63, 3.8) is 0 Å². The normalized spacial score (nSPS) is 10.4. The van der Waals surface area contributed by atoms with Crippen molar-refractivity contribution in [3.05, 3.63) is 41.7 Å².